The van der Waals surface area contributed by atoms with Crippen molar-refractivity contribution in [1.29, 1.82) is 0 Å². The van der Waals surface area contributed by atoms with Crippen LogP contribution in [0.5, 0.6) is 0 Å². The summed E-state index contributed by atoms with van der Waals surface area (Å²) in [4.78, 5) is 2.45. The summed E-state index contributed by atoms with van der Waals surface area (Å²) >= 11 is 1.87. The average molecular weight is 604 g/mol. The standard InChI is InChI=1S/C44H29NS/c1-2-11-30(12-3-1)32-23-25-35(26-24-32)45(40-18-8-6-15-36(40)34-22-21-31-13-4-5-14-33(31)29-34)41-19-10-17-38-37(41)27-28-43-44(38)39-16-7-9-20-42(39)46-43/h1-29H. The maximum absolute atomic E-state index is 2.45. The molecule has 0 aliphatic heterocycles. The van der Waals surface area contributed by atoms with Gasteiger partial charge in [0.05, 0.1) is 11.4 Å². The molecule has 1 nitrogen and oxygen atoms in total. The van der Waals surface area contributed by atoms with E-state index < -0.39 is 0 Å². The van der Waals surface area contributed by atoms with Crippen LogP contribution in [0.2, 0.25) is 0 Å². The Balaban J connectivity index is 1.30. The van der Waals surface area contributed by atoms with E-state index in [0.717, 1.165) is 17.1 Å². The summed E-state index contributed by atoms with van der Waals surface area (Å²) < 4.78 is 2.64. The molecule has 9 aromatic rings. The summed E-state index contributed by atoms with van der Waals surface area (Å²) in [5.74, 6) is 0. The molecule has 216 valence electrons. The molecular weight excluding hydrogens is 575 g/mol. The van der Waals surface area contributed by atoms with Crippen LogP contribution in [-0.4, -0.2) is 0 Å². The zero-order valence-corrected chi connectivity index (χ0v) is 25.9. The molecule has 0 amide bonds. The summed E-state index contributed by atoms with van der Waals surface area (Å²) in [7, 11) is 0. The van der Waals surface area contributed by atoms with E-state index >= 15 is 0 Å². The zero-order chi connectivity index (χ0) is 30.5. The number of anilines is 3. The predicted molar refractivity (Wildman–Crippen MR) is 200 cm³/mol. The number of hydrogen-bond donors (Lipinski definition) is 0. The fourth-order valence-corrected chi connectivity index (χ4v) is 7.99. The van der Waals surface area contributed by atoms with Gasteiger partial charge in [0.1, 0.15) is 0 Å². The van der Waals surface area contributed by atoms with Crippen molar-refractivity contribution in [3.8, 4) is 22.3 Å². The van der Waals surface area contributed by atoms with Crippen LogP contribution in [0.1, 0.15) is 0 Å². The molecule has 0 saturated heterocycles. The Hall–Kier alpha value is -5.70. The van der Waals surface area contributed by atoms with Gasteiger partial charge in [-0.25, -0.2) is 0 Å². The molecule has 0 bridgehead atoms. The van der Waals surface area contributed by atoms with E-state index in [1.54, 1.807) is 0 Å². The first-order chi connectivity index (χ1) is 22.8. The first-order valence-corrected chi connectivity index (χ1v) is 16.5. The molecule has 0 radical (unpaired) electrons. The molecule has 1 aromatic heterocycles. The van der Waals surface area contributed by atoms with Crippen molar-refractivity contribution in [3.05, 3.63) is 176 Å². The third-order valence-electron chi connectivity index (χ3n) is 9.06. The molecule has 0 aliphatic carbocycles. The van der Waals surface area contributed by atoms with Gasteiger partial charge in [0, 0.05) is 36.8 Å². The van der Waals surface area contributed by atoms with Gasteiger partial charge in [-0.1, -0.05) is 133 Å². The second-order valence-electron chi connectivity index (χ2n) is 11.7. The normalized spacial score (nSPS) is 11.5. The lowest BCUT2D eigenvalue weighted by Crippen LogP contribution is -2.11. The third-order valence-corrected chi connectivity index (χ3v) is 10.2. The molecule has 9 rings (SSSR count). The number of fused-ring (bicyclic) bond motifs is 6. The summed E-state index contributed by atoms with van der Waals surface area (Å²) in [6.45, 7) is 0. The maximum atomic E-state index is 2.45. The minimum absolute atomic E-state index is 1.12. The van der Waals surface area contributed by atoms with Crippen molar-refractivity contribution in [2.75, 3.05) is 4.90 Å². The molecule has 0 N–H and O–H groups in total. The van der Waals surface area contributed by atoms with Crippen molar-refractivity contribution in [1.82, 2.24) is 0 Å². The van der Waals surface area contributed by atoms with Gasteiger partial charge in [-0.2, -0.15) is 0 Å². The van der Waals surface area contributed by atoms with Gasteiger partial charge in [-0.05, 0) is 75.3 Å². The van der Waals surface area contributed by atoms with E-state index in [0.29, 0.717) is 0 Å². The molecule has 0 atom stereocenters. The van der Waals surface area contributed by atoms with Gasteiger partial charge in [0.25, 0.3) is 0 Å². The number of benzene rings is 8. The van der Waals surface area contributed by atoms with Crippen molar-refractivity contribution in [2.24, 2.45) is 0 Å². The van der Waals surface area contributed by atoms with Crippen LogP contribution in [0.4, 0.5) is 17.1 Å². The number of rotatable bonds is 5. The van der Waals surface area contributed by atoms with Gasteiger partial charge < -0.3 is 4.90 Å². The highest BCUT2D eigenvalue weighted by molar-refractivity contribution is 7.26. The smallest absolute Gasteiger partial charge is 0.0540 e. The number of thiophene rings is 1. The number of nitrogens with zero attached hydrogens (tertiary/aromatic N) is 1. The largest absolute Gasteiger partial charge is 0.309 e. The lowest BCUT2D eigenvalue weighted by atomic mass is 9.97. The SMILES string of the molecule is c1ccc(-c2ccc(N(c3ccccc3-c3ccc4ccccc4c3)c3cccc4c3ccc3sc5ccccc5c34)cc2)cc1. The average Bonchev–Trinajstić information content (AvgIpc) is 3.52. The molecule has 1 heterocycles. The van der Waals surface area contributed by atoms with E-state index in [9.17, 15) is 0 Å². The monoisotopic (exact) mass is 603 g/mol. The molecule has 0 aliphatic rings. The van der Waals surface area contributed by atoms with Crippen LogP contribution in [0, 0.1) is 0 Å². The Morgan fingerprint density at radius 1 is 0.370 bits per heavy atom. The van der Waals surface area contributed by atoms with Gasteiger partial charge in [0.15, 0.2) is 0 Å². The highest BCUT2D eigenvalue weighted by Crippen LogP contribution is 2.46. The lowest BCUT2D eigenvalue weighted by molar-refractivity contribution is 1.30. The van der Waals surface area contributed by atoms with Crippen LogP contribution in [0.25, 0.3) is 64.0 Å². The van der Waals surface area contributed by atoms with Crippen molar-refractivity contribution in [2.45, 2.75) is 0 Å². The molecular formula is C44H29NS. The zero-order valence-electron chi connectivity index (χ0n) is 25.1. The van der Waals surface area contributed by atoms with Crippen LogP contribution < -0.4 is 4.90 Å². The topological polar surface area (TPSA) is 3.24 Å². The number of para-hydroxylation sites is 1. The van der Waals surface area contributed by atoms with Crippen LogP contribution >= 0.6 is 11.3 Å². The predicted octanol–water partition coefficient (Wildman–Crippen LogP) is 13.2. The second kappa shape index (κ2) is 11.0. The molecule has 0 fully saturated rings. The van der Waals surface area contributed by atoms with Crippen molar-refractivity contribution < 1.29 is 0 Å². The lowest BCUT2D eigenvalue weighted by Gasteiger charge is -2.29. The summed E-state index contributed by atoms with van der Waals surface area (Å²) in [6.07, 6.45) is 0. The molecule has 0 spiro atoms. The quantitative estimate of drug-likeness (QED) is 0.189. The van der Waals surface area contributed by atoms with Crippen LogP contribution in [-0.2, 0) is 0 Å². The van der Waals surface area contributed by atoms with Crippen LogP contribution in [0.15, 0.2) is 176 Å². The summed E-state index contributed by atoms with van der Waals surface area (Å²) in [5, 5.41) is 7.66. The van der Waals surface area contributed by atoms with Crippen molar-refractivity contribution in [3.63, 3.8) is 0 Å². The first kappa shape index (κ1) is 26.7. The van der Waals surface area contributed by atoms with E-state index in [-0.39, 0.29) is 0 Å². The fraction of sp³-hybridized carbons (Fsp3) is 0. The minimum Gasteiger partial charge on any atom is -0.309 e. The molecule has 46 heavy (non-hydrogen) atoms. The first-order valence-electron chi connectivity index (χ1n) is 15.7. The molecule has 8 aromatic carbocycles. The van der Waals surface area contributed by atoms with E-state index in [4.69, 9.17) is 0 Å². The van der Waals surface area contributed by atoms with Gasteiger partial charge in [0.2, 0.25) is 0 Å². The van der Waals surface area contributed by atoms with Crippen molar-refractivity contribution >= 4 is 70.1 Å². The Labute approximate surface area is 272 Å². The van der Waals surface area contributed by atoms with E-state index in [1.165, 1.54) is 64.0 Å². The van der Waals surface area contributed by atoms with Crippen LogP contribution in [0.3, 0.4) is 0 Å². The second-order valence-corrected chi connectivity index (χ2v) is 12.8. The Kier molecular flexibility index (Phi) is 6.40. The Morgan fingerprint density at radius 2 is 1.04 bits per heavy atom. The van der Waals surface area contributed by atoms with E-state index in [2.05, 4.69) is 181 Å². The summed E-state index contributed by atoms with van der Waals surface area (Å²) in [5.41, 5.74) is 8.25. The van der Waals surface area contributed by atoms with E-state index in [1.807, 2.05) is 11.3 Å². The third kappa shape index (κ3) is 4.46. The molecule has 0 unspecified atom stereocenters. The van der Waals surface area contributed by atoms with Gasteiger partial charge in [-0.3, -0.25) is 0 Å². The maximum Gasteiger partial charge on any atom is 0.0540 e. The molecule has 2 heteroatoms. The Bertz CT molecular complexity index is 2530. The fourth-order valence-electron chi connectivity index (χ4n) is 6.87. The summed E-state index contributed by atoms with van der Waals surface area (Å²) in [6, 6.07) is 64.0. The molecule has 0 saturated carbocycles. The Morgan fingerprint density at radius 3 is 1.93 bits per heavy atom. The minimum atomic E-state index is 1.12. The van der Waals surface area contributed by atoms with Gasteiger partial charge >= 0.3 is 0 Å². The number of hydrogen-bond acceptors (Lipinski definition) is 2. The van der Waals surface area contributed by atoms with Gasteiger partial charge in [-0.15, -0.1) is 11.3 Å². The highest BCUT2D eigenvalue weighted by Gasteiger charge is 2.20. The highest BCUT2D eigenvalue weighted by atomic mass is 32.1.